The molecule has 1 aliphatic rings. The van der Waals surface area contributed by atoms with Gasteiger partial charge in [0.2, 0.25) is 5.91 Å². The number of rotatable bonds is 7. The second-order valence-electron chi connectivity index (χ2n) is 5.51. The van der Waals surface area contributed by atoms with E-state index in [9.17, 15) is 9.59 Å². The third kappa shape index (κ3) is 3.97. The topological polar surface area (TPSA) is 66.4 Å². The van der Waals surface area contributed by atoms with Gasteiger partial charge in [-0.25, -0.2) is 4.79 Å². The fraction of sp³-hybridized carbons (Fsp3) is 0.500. The fourth-order valence-corrected chi connectivity index (χ4v) is 2.82. The lowest BCUT2D eigenvalue weighted by Gasteiger charge is -2.14. The van der Waals surface area contributed by atoms with Crippen LogP contribution in [-0.2, 0) is 9.59 Å². The van der Waals surface area contributed by atoms with E-state index < -0.39 is 12.0 Å². The van der Waals surface area contributed by atoms with Gasteiger partial charge in [-0.2, -0.15) is 0 Å². The maximum atomic E-state index is 12.2. The minimum atomic E-state index is -0.966. The summed E-state index contributed by atoms with van der Waals surface area (Å²) >= 11 is 6.13. The molecular formula is C16H20ClNO3. The molecule has 0 heterocycles. The largest absolute Gasteiger partial charge is 0.480 e. The molecule has 1 aromatic rings. The van der Waals surface area contributed by atoms with Crippen molar-refractivity contribution in [2.75, 3.05) is 0 Å². The van der Waals surface area contributed by atoms with E-state index in [-0.39, 0.29) is 17.7 Å². The Morgan fingerprint density at radius 2 is 2.14 bits per heavy atom. The molecule has 0 radical (unpaired) electrons. The number of nitrogens with one attached hydrogen (secondary N) is 1. The Kier molecular flexibility index (Phi) is 5.23. The summed E-state index contributed by atoms with van der Waals surface area (Å²) in [5.41, 5.74) is 0.972. The van der Waals surface area contributed by atoms with Crippen molar-refractivity contribution in [1.29, 1.82) is 0 Å². The molecule has 0 saturated heterocycles. The van der Waals surface area contributed by atoms with E-state index in [1.807, 2.05) is 31.2 Å². The van der Waals surface area contributed by atoms with Gasteiger partial charge in [0.15, 0.2) is 0 Å². The number of hydrogen-bond donors (Lipinski definition) is 2. The van der Waals surface area contributed by atoms with E-state index in [4.69, 9.17) is 16.7 Å². The summed E-state index contributed by atoms with van der Waals surface area (Å²) in [6.45, 7) is 2.00. The number of carboxylic acids is 1. The first-order chi connectivity index (χ1) is 10.0. The van der Waals surface area contributed by atoms with E-state index in [0.29, 0.717) is 11.4 Å². The number of carbonyl (C=O) groups excluding carboxylic acids is 1. The third-order valence-electron chi connectivity index (χ3n) is 3.89. The highest BCUT2D eigenvalue weighted by Crippen LogP contribution is 2.49. The first-order valence-corrected chi connectivity index (χ1v) is 7.70. The number of hydrogen-bond acceptors (Lipinski definition) is 2. The molecule has 1 aliphatic carbocycles. The van der Waals surface area contributed by atoms with Crippen molar-refractivity contribution in [3.63, 3.8) is 0 Å². The van der Waals surface area contributed by atoms with Crippen molar-refractivity contribution < 1.29 is 14.7 Å². The Labute approximate surface area is 129 Å². The lowest BCUT2D eigenvalue weighted by atomic mass is 10.1. The Morgan fingerprint density at radius 3 is 2.76 bits per heavy atom. The third-order valence-corrected chi connectivity index (χ3v) is 4.24. The maximum Gasteiger partial charge on any atom is 0.326 e. The standard InChI is InChI=1S/C16H20ClNO3/c1-2-3-8-14(16(20)21)18-15(19)12-9-11(12)10-6-4-5-7-13(10)17/h4-7,11-12,14H,2-3,8-9H2,1H3,(H,18,19)(H,20,21)/t11?,12?,14-/m0/s1. The van der Waals surface area contributed by atoms with Crippen LogP contribution in [0.15, 0.2) is 24.3 Å². The summed E-state index contributed by atoms with van der Waals surface area (Å²) in [7, 11) is 0. The van der Waals surface area contributed by atoms with Crippen LogP contribution < -0.4 is 5.32 Å². The smallest absolute Gasteiger partial charge is 0.326 e. The molecule has 0 spiro atoms. The molecule has 2 unspecified atom stereocenters. The lowest BCUT2D eigenvalue weighted by Crippen LogP contribution is -2.41. The van der Waals surface area contributed by atoms with Crippen LogP contribution in [-0.4, -0.2) is 23.0 Å². The van der Waals surface area contributed by atoms with Gasteiger partial charge in [0.25, 0.3) is 0 Å². The van der Waals surface area contributed by atoms with Crippen LogP contribution in [0.2, 0.25) is 5.02 Å². The molecular weight excluding hydrogens is 290 g/mol. The molecule has 4 nitrogen and oxygen atoms in total. The van der Waals surface area contributed by atoms with Crippen molar-refractivity contribution in [1.82, 2.24) is 5.32 Å². The van der Waals surface area contributed by atoms with Gasteiger partial charge in [-0.1, -0.05) is 49.6 Å². The highest BCUT2D eigenvalue weighted by atomic mass is 35.5. The number of carbonyl (C=O) groups is 2. The molecule has 0 bridgehead atoms. The van der Waals surface area contributed by atoms with Gasteiger partial charge in [0, 0.05) is 10.9 Å². The second-order valence-corrected chi connectivity index (χ2v) is 5.92. The van der Waals surface area contributed by atoms with Crippen molar-refractivity contribution in [2.45, 2.75) is 44.6 Å². The van der Waals surface area contributed by atoms with E-state index in [2.05, 4.69) is 5.32 Å². The molecule has 1 saturated carbocycles. The first-order valence-electron chi connectivity index (χ1n) is 7.32. The number of benzene rings is 1. The molecule has 114 valence electrons. The fourth-order valence-electron chi connectivity index (χ4n) is 2.55. The Bertz CT molecular complexity index is 532. The summed E-state index contributed by atoms with van der Waals surface area (Å²) in [4.78, 5) is 23.3. The summed E-state index contributed by atoms with van der Waals surface area (Å²) < 4.78 is 0. The van der Waals surface area contributed by atoms with Gasteiger partial charge in [0.1, 0.15) is 6.04 Å². The van der Waals surface area contributed by atoms with Crippen LogP contribution in [0.4, 0.5) is 0 Å². The molecule has 2 N–H and O–H groups in total. The van der Waals surface area contributed by atoms with E-state index in [1.54, 1.807) is 0 Å². The first kappa shape index (κ1) is 15.8. The van der Waals surface area contributed by atoms with Crippen molar-refractivity contribution in [2.24, 2.45) is 5.92 Å². The molecule has 2 rings (SSSR count). The molecule has 1 fully saturated rings. The lowest BCUT2D eigenvalue weighted by molar-refractivity contribution is -0.142. The minimum absolute atomic E-state index is 0.110. The van der Waals surface area contributed by atoms with E-state index in [1.165, 1.54) is 0 Å². The molecule has 0 aromatic heterocycles. The molecule has 5 heteroatoms. The summed E-state index contributed by atoms with van der Waals surface area (Å²) in [6, 6.07) is 6.70. The number of amides is 1. The maximum absolute atomic E-state index is 12.2. The zero-order valence-electron chi connectivity index (χ0n) is 12.0. The predicted molar refractivity (Wildman–Crippen MR) is 81.4 cm³/mol. The molecule has 21 heavy (non-hydrogen) atoms. The zero-order chi connectivity index (χ0) is 15.4. The average molecular weight is 310 g/mol. The van der Waals surface area contributed by atoms with Crippen LogP contribution in [0.3, 0.4) is 0 Å². The Hall–Kier alpha value is -1.55. The molecule has 0 aliphatic heterocycles. The van der Waals surface area contributed by atoms with Gasteiger partial charge >= 0.3 is 5.97 Å². The van der Waals surface area contributed by atoms with Crippen molar-refractivity contribution in [3.8, 4) is 0 Å². The van der Waals surface area contributed by atoms with Gasteiger partial charge in [-0.3, -0.25) is 4.79 Å². The van der Waals surface area contributed by atoms with Crippen LogP contribution >= 0.6 is 11.6 Å². The van der Waals surface area contributed by atoms with E-state index >= 15 is 0 Å². The van der Waals surface area contributed by atoms with Crippen LogP contribution in [0.25, 0.3) is 0 Å². The summed E-state index contributed by atoms with van der Waals surface area (Å²) in [5.74, 6) is -1.19. The summed E-state index contributed by atoms with van der Waals surface area (Å²) in [6.07, 6.45) is 2.90. The van der Waals surface area contributed by atoms with Gasteiger partial charge in [-0.05, 0) is 30.4 Å². The van der Waals surface area contributed by atoms with Crippen molar-refractivity contribution >= 4 is 23.5 Å². The molecule has 1 amide bonds. The SMILES string of the molecule is CCCC[C@H](NC(=O)C1CC1c1ccccc1Cl)C(=O)O. The summed E-state index contributed by atoms with van der Waals surface area (Å²) in [5, 5.41) is 12.5. The number of carboxylic acid groups (broad SMARTS) is 1. The van der Waals surface area contributed by atoms with E-state index in [0.717, 1.165) is 24.8 Å². The monoisotopic (exact) mass is 309 g/mol. The quantitative estimate of drug-likeness (QED) is 0.813. The second kappa shape index (κ2) is 6.94. The van der Waals surface area contributed by atoms with Gasteiger partial charge in [0.05, 0.1) is 0 Å². The van der Waals surface area contributed by atoms with Gasteiger partial charge < -0.3 is 10.4 Å². The minimum Gasteiger partial charge on any atom is -0.480 e. The normalized spacial score (nSPS) is 21.6. The highest BCUT2D eigenvalue weighted by Gasteiger charge is 2.45. The Balaban J connectivity index is 1.93. The molecule has 1 aromatic carbocycles. The van der Waals surface area contributed by atoms with Crippen LogP contribution in [0.1, 0.15) is 44.1 Å². The highest BCUT2D eigenvalue weighted by molar-refractivity contribution is 6.31. The molecule has 3 atom stereocenters. The Morgan fingerprint density at radius 1 is 1.43 bits per heavy atom. The van der Waals surface area contributed by atoms with Crippen LogP contribution in [0.5, 0.6) is 0 Å². The van der Waals surface area contributed by atoms with Crippen molar-refractivity contribution in [3.05, 3.63) is 34.9 Å². The van der Waals surface area contributed by atoms with Gasteiger partial charge in [-0.15, -0.1) is 0 Å². The average Bonchev–Trinajstić information content (AvgIpc) is 3.23. The number of unbranched alkanes of at least 4 members (excludes halogenated alkanes) is 1. The van der Waals surface area contributed by atoms with Crippen LogP contribution in [0, 0.1) is 5.92 Å². The number of halogens is 1. The zero-order valence-corrected chi connectivity index (χ0v) is 12.8. The number of aliphatic carboxylic acids is 1. The predicted octanol–water partition coefficient (Wildman–Crippen LogP) is 3.20.